The molecule has 1 aliphatic carbocycles. The molecule has 2 atom stereocenters. The monoisotopic (exact) mass is 456 g/mol. The lowest BCUT2D eigenvalue weighted by molar-refractivity contribution is 0.0522. The Morgan fingerprint density at radius 2 is 1.56 bits per heavy atom. The molecule has 5 nitrogen and oxygen atoms in total. The van der Waals surface area contributed by atoms with E-state index in [-0.39, 0.29) is 24.0 Å². The van der Waals surface area contributed by atoms with Crippen molar-refractivity contribution in [2.24, 2.45) is 0 Å². The molecular weight excluding hydrogens is 424 g/mol. The number of alkyl carbamates (subject to hydrolysis) is 1. The number of hydrogen-bond acceptors (Lipinski definition) is 3. The van der Waals surface area contributed by atoms with Gasteiger partial charge in [0.15, 0.2) is 0 Å². The fraction of sp³-hybridized carbons (Fsp3) is 0.310. The van der Waals surface area contributed by atoms with Crippen LogP contribution in [0.15, 0.2) is 78.9 Å². The van der Waals surface area contributed by atoms with E-state index in [0.717, 1.165) is 36.1 Å². The van der Waals surface area contributed by atoms with Crippen molar-refractivity contribution >= 4 is 17.7 Å². The maximum absolute atomic E-state index is 12.8. The van der Waals surface area contributed by atoms with Crippen molar-refractivity contribution in [1.29, 1.82) is 0 Å². The molecule has 34 heavy (non-hydrogen) atoms. The average Bonchev–Trinajstić information content (AvgIpc) is 3.56. The molecule has 3 aromatic rings. The molecule has 0 spiro atoms. The number of carbonyl (C=O) groups is 2. The van der Waals surface area contributed by atoms with Crippen molar-refractivity contribution in [1.82, 2.24) is 5.32 Å². The molecule has 1 saturated carbocycles. The van der Waals surface area contributed by atoms with E-state index >= 15 is 0 Å². The summed E-state index contributed by atoms with van der Waals surface area (Å²) in [6, 6.07) is 26.1. The van der Waals surface area contributed by atoms with Crippen molar-refractivity contribution in [2.75, 3.05) is 5.32 Å². The number of hydrogen-bond donors (Lipinski definition) is 2. The molecule has 0 aliphatic heterocycles. The quantitative estimate of drug-likeness (QED) is 0.451. The van der Waals surface area contributed by atoms with E-state index in [1.807, 2.05) is 81.4 Å². The van der Waals surface area contributed by atoms with Crippen LogP contribution in [0.4, 0.5) is 10.5 Å². The van der Waals surface area contributed by atoms with Gasteiger partial charge in [-0.15, -0.1) is 0 Å². The predicted molar refractivity (Wildman–Crippen MR) is 135 cm³/mol. The van der Waals surface area contributed by atoms with E-state index in [4.69, 9.17) is 4.74 Å². The highest BCUT2D eigenvalue weighted by Crippen LogP contribution is 2.41. The van der Waals surface area contributed by atoms with E-state index in [1.54, 1.807) is 0 Å². The first-order chi connectivity index (χ1) is 16.3. The Morgan fingerprint density at radius 3 is 2.26 bits per heavy atom. The third-order valence-electron chi connectivity index (χ3n) is 5.82. The third kappa shape index (κ3) is 6.70. The van der Waals surface area contributed by atoms with E-state index < -0.39 is 5.60 Å². The number of aryl methyl sites for hydroxylation is 2. The minimum absolute atomic E-state index is 0.0916. The Bertz CT molecular complexity index is 1130. The first-order valence-corrected chi connectivity index (χ1v) is 11.8. The van der Waals surface area contributed by atoms with Crippen molar-refractivity contribution < 1.29 is 14.3 Å². The molecule has 0 radical (unpaired) electrons. The lowest BCUT2D eigenvalue weighted by atomic mass is 10.0. The number of ether oxygens (including phenoxy) is 1. The van der Waals surface area contributed by atoms with Crippen LogP contribution in [0.2, 0.25) is 0 Å². The van der Waals surface area contributed by atoms with Crippen LogP contribution < -0.4 is 10.6 Å². The summed E-state index contributed by atoms with van der Waals surface area (Å²) in [6.07, 6.45) is 2.34. The molecule has 0 unspecified atom stereocenters. The van der Waals surface area contributed by atoms with Gasteiger partial charge in [-0.1, -0.05) is 54.6 Å². The summed E-state index contributed by atoms with van der Waals surface area (Å²) in [7, 11) is 0. The summed E-state index contributed by atoms with van der Waals surface area (Å²) in [6.45, 7) is 5.56. The van der Waals surface area contributed by atoms with Crippen LogP contribution in [-0.2, 0) is 17.6 Å². The topological polar surface area (TPSA) is 67.4 Å². The Hall–Kier alpha value is -3.60. The van der Waals surface area contributed by atoms with Gasteiger partial charge in [0.05, 0.1) is 0 Å². The molecule has 2 amide bonds. The second-order valence-electron chi connectivity index (χ2n) is 9.86. The molecule has 0 heterocycles. The normalized spacial score (nSPS) is 17.0. The number of rotatable bonds is 7. The maximum Gasteiger partial charge on any atom is 0.407 e. The van der Waals surface area contributed by atoms with Gasteiger partial charge in [-0.2, -0.15) is 0 Å². The van der Waals surface area contributed by atoms with Gasteiger partial charge in [-0.05, 0) is 81.0 Å². The van der Waals surface area contributed by atoms with Crippen molar-refractivity contribution in [2.45, 2.75) is 57.6 Å². The molecule has 1 aliphatic rings. The van der Waals surface area contributed by atoms with Crippen LogP contribution in [0.1, 0.15) is 60.2 Å². The number of carbonyl (C=O) groups excluding carboxylic acids is 2. The number of anilines is 1. The van der Waals surface area contributed by atoms with E-state index in [1.165, 1.54) is 5.56 Å². The highest BCUT2D eigenvalue weighted by Gasteiger charge is 2.40. The Balaban J connectivity index is 1.29. The average molecular weight is 457 g/mol. The summed E-state index contributed by atoms with van der Waals surface area (Å²) < 4.78 is 5.33. The highest BCUT2D eigenvalue weighted by molar-refractivity contribution is 6.04. The van der Waals surface area contributed by atoms with Crippen LogP contribution in [0.5, 0.6) is 0 Å². The number of amides is 2. The molecule has 3 aromatic carbocycles. The largest absolute Gasteiger partial charge is 0.444 e. The van der Waals surface area contributed by atoms with E-state index in [9.17, 15) is 9.59 Å². The zero-order valence-electron chi connectivity index (χ0n) is 20.0. The highest BCUT2D eigenvalue weighted by atomic mass is 16.6. The fourth-order valence-electron chi connectivity index (χ4n) is 4.00. The minimum atomic E-state index is -0.504. The molecule has 4 rings (SSSR count). The Kier molecular flexibility index (Phi) is 7.01. The predicted octanol–water partition coefficient (Wildman–Crippen LogP) is 6.10. The standard InChI is InChI=1S/C29H32N2O3/c1-29(2,3)34-28(33)31-26-19-25(26)22-14-16-24(17-15-22)30-27(32)23-11-7-10-21(18-23)13-12-20-8-5-4-6-9-20/h4-11,14-18,25-26H,12-13,19H2,1-3H3,(H,30,32)(H,31,33)/t25-,26+/m0/s1. The van der Waals surface area contributed by atoms with Crippen LogP contribution in [0.25, 0.3) is 0 Å². The zero-order valence-corrected chi connectivity index (χ0v) is 20.0. The number of nitrogens with one attached hydrogen (secondary N) is 2. The SMILES string of the molecule is CC(C)(C)OC(=O)N[C@@H]1C[C@H]1c1ccc(NC(=O)c2cccc(CCc3ccccc3)c2)cc1. The van der Waals surface area contributed by atoms with Crippen molar-refractivity contribution in [3.05, 3.63) is 101 Å². The summed E-state index contributed by atoms with van der Waals surface area (Å²) in [5, 5.41) is 5.91. The van der Waals surface area contributed by atoms with Crippen molar-refractivity contribution in [3.63, 3.8) is 0 Å². The maximum atomic E-state index is 12.8. The van der Waals surface area contributed by atoms with Crippen LogP contribution in [0.3, 0.4) is 0 Å². The van der Waals surface area contributed by atoms with Gasteiger partial charge in [0.2, 0.25) is 0 Å². The molecule has 2 N–H and O–H groups in total. The summed E-state index contributed by atoms with van der Waals surface area (Å²) in [4.78, 5) is 24.7. The second kappa shape index (κ2) is 10.1. The third-order valence-corrected chi connectivity index (χ3v) is 5.82. The van der Waals surface area contributed by atoms with Crippen LogP contribution in [0, 0.1) is 0 Å². The van der Waals surface area contributed by atoms with Gasteiger partial charge in [-0.25, -0.2) is 4.79 Å². The van der Waals surface area contributed by atoms with E-state index in [0.29, 0.717) is 5.56 Å². The second-order valence-corrected chi connectivity index (χ2v) is 9.86. The fourth-order valence-corrected chi connectivity index (χ4v) is 4.00. The summed E-state index contributed by atoms with van der Waals surface area (Å²) >= 11 is 0. The van der Waals surface area contributed by atoms with Gasteiger partial charge in [0.1, 0.15) is 5.60 Å². The zero-order chi connectivity index (χ0) is 24.1. The first kappa shape index (κ1) is 23.6. The lowest BCUT2D eigenvalue weighted by Gasteiger charge is -2.19. The molecule has 5 heteroatoms. The van der Waals surface area contributed by atoms with Crippen LogP contribution in [-0.4, -0.2) is 23.6 Å². The first-order valence-electron chi connectivity index (χ1n) is 11.8. The van der Waals surface area contributed by atoms with E-state index in [2.05, 4.69) is 28.8 Å². The number of benzene rings is 3. The molecule has 0 saturated heterocycles. The van der Waals surface area contributed by atoms with Gasteiger partial charge in [0.25, 0.3) is 5.91 Å². The smallest absolute Gasteiger partial charge is 0.407 e. The molecule has 1 fully saturated rings. The Morgan fingerprint density at radius 1 is 0.882 bits per heavy atom. The lowest BCUT2D eigenvalue weighted by Crippen LogP contribution is -2.34. The van der Waals surface area contributed by atoms with Gasteiger partial charge < -0.3 is 15.4 Å². The molecule has 176 valence electrons. The minimum Gasteiger partial charge on any atom is -0.444 e. The van der Waals surface area contributed by atoms with Crippen molar-refractivity contribution in [3.8, 4) is 0 Å². The van der Waals surface area contributed by atoms with Gasteiger partial charge in [0, 0.05) is 23.2 Å². The molecule has 0 bridgehead atoms. The Labute approximate surface area is 201 Å². The van der Waals surface area contributed by atoms with Gasteiger partial charge in [-0.3, -0.25) is 4.79 Å². The summed E-state index contributed by atoms with van der Waals surface area (Å²) in [5.74, 6) is 0.156. The molecular formula is C29H32N2O3. The summed E-state index contributed by atoms with van der Waals surface area (Å²) in [5.41, 5.74) is 4.47. The van der Waals surface area contributed by atoms with Gasteiger partial charge >= 0.3 is 6.09 Å². The molecule has 0 aromatic heterocycles. The van der Waals surface area contributed by atoms with Crippen LogP contribution >= 0.6 is 0 Å².